The highest BCUT2D eigenvalue weighted by atomic mass is 79.9. The van der Waals surface area contributed by atoms with Crippen LogP contribution in [-0.2, 0) is 6.42 Å². The van der Waals surface area contributed by atoms with E-state index < -0.39 is 0 Å². The molecule has 0 unspecified atom stereocenters. The van der Waals surface area contributed by atoms with Crippen molar-refractivity contribution in [2.24, 2.45) is 0 Å². The van der Waals surface area contributed by atoms with Crippen molar-refractivity contribution in [1.82, 2.24) is 5.32 Å². The third-order valence-electron chi connectivity index (χ3n) is 4.12. The van der Waals surface area contributed by atoms with E-state index in [0.717, 1.165) is 24.0 Å². The fourth-order valence-electron chi connectivity index (χ4n) is 2.80. The number of benzene rings is 3. The Kier molecular flexibility index (Phi) is 6.61. The summed E-state index contributed by atoms with van der Waals surface area (Å²) < 4.78 is 1.13. The predicted molar refractivity (Wildman–Crippen MR) is 111 cm³/mol. The van der Waals surface area contributed by atoms with Crippen molar-refractivity contribution in [1.29, 1.82) is 0 Å². The summed E-state index contributed by atoms with van der Waals surface area (Å²) in [5.74, 6) is 0. The van der Waals surface area contributed by atoms with Crippen molar-refractivity contribution in [3.05, 3.63) is 112 Å². The van der Waals surface area contributed by atoms with Crippen LogP contribution in [0.15, 0.2) is 95.5 Å². The number of rotatable bonds is 7. The molecule has 0 saturated carbocycles. The van der Waals surface area contributed by atoms with E-state index in [-0.39, 0.29) is 0 Å². The van der Waals surface area contributed by atoms with Gasteiger partial charge in [-0.15, -0.1) is 0 Å². The lowest BCUT2D eigenvalue weighted by molar-refractivity contribution is 0.745. The molecule has 0 saturated heterocycles. The molecule has 0 fully saturated rings. The van der Waals surface area contributed by atoms with Gasteiger partial charge in [-0.1, -0.05) is 94.8 Å². The highest BCUT2D eigenvalue weighted by Gasteiger charge is 2.03. The Hall–Kier alpha value is -2.16. The van der Waals surface area contributed by atoms with Crippen LogP contribution in [0.1, 0.15) is 16.7 Å². The molecule has 0 aliphatic carbocycles. The van der Waals surface area contributed by atoms with Gasteiger partial charge in [0, 0.05) is 11.0 Å². The predicted octanol–water partition coefficient (Wildman–Crippen LogP) is 5.71. The second-order valence-corrected chi connectivity index (χ2v) is 6.85. The topological polar surface area (TPSA) is 12.0 Å². The first kappa shape index (κ1) is 17.7. The average molecular weight is 392 g/mol. The van der Waals surface area contributed by atoms with Crippen molar-refractivity contribution in [2.45, 2.75) is 6.42 Å². The molecule has 1 N–H and O–H groups in total. The molecule has 0 aromatic heterocycles. The van der Waals surface area contributed by atoms with Crippen molar-refractivity contribution >= 4 is 21.5 Å². The highest BCUT2D eigenvalue weighted by molar-refractivity contribution is 9.10. The molecule has 0 spiro atoms. The van der Waals surface area contributed by atoms with Crippen LogP contribution in [0.5, 0.6) is 0 Å². The molecule has 0 amide bonds. The lowest BCUT2D eigenvalue weighted by Gasteiger charge is -2.09. The van der Waals surface area contributed by atoms with Gasteiger partial charge in [-0.05, 0) is 47.4 Å². The number of hydrogen-bond donors (Lipinski definition) is 1. The largest absolute Gasteiger partial charge is 0.313 e. The second kappa shape index (κ2) is 9.36. The van der Waals surface area contributed by atoms with Crippen molar-refractivity contribution in [2.75, 3.05) is 13.1 Å². The summed E-state index contributed by atoms with van der Waals surface area (Å²) >= 11 is 3.48. The standard InChI is InChI=1S/C23H22BrN/c24-22-13-11-19(12-14-22)15-17-25-18-16-23(20-7-3-1-4-8-20)21-9-5-2-6-10-21/h1-14,16,25H,15,17-18H2. The van der Waals surface area contributed by atoms with Crippen LogP contribution < -0.4 is 5.32 Å². The zero-order valence-electron chi connectivity index (χ0n) is 14.2. The number of halogens is 1. The van der Waals surface area contributed by atoms with Gasteiger partial charge < -0.3 is 5.32 Å². The van der Waals surface area contributed by atoms with Crippen LogP contribution >= 0.6 is 15.9 Å². The van der Waals surface area contributed by atoms with Crippen molar-refractivity contribution in [3.63, 3.8) is 0 Å². The van der Waals surface area contributed by atoms with Crippen LogP contribution in [0, 0.1) is 0 Å². The minimum Gasteiger partial charge on any atom is -0.313 e. The first-order valence-electron chi connectivity index (χ1n) is 8.59. The molecule has 3 aromatic rings. The maximum absolute atomic E-state index is 3.53. The van der Waals surface area contributed by atoms with Gasteiger partial charge in [0.25, 0.3) is 0 Å². The number of hydrogen-bond acceptors (Lipinski definition) is 1. The van der Waals surface area contributed by atoms with Gasteiger partial charge in [-0.2, -0.15) is 0 Å². The van der Waals surface area contributed by atoms with Crippen LogP contribution in [0.2, 0.25) is 0 Å². The Morgan fingerprint density at radius 3 is 1.88 bits per heavy atom. The van der Waals surface area contributed by atoms with E-state index >= 15 is 0 Å². The molecular formula is C23H22BrN. The molecule has 25 heavy (non-hydrogen) atoms. The van der Waals surface area contributed by atoms with Crippen LogP contribution in [-0.4, -0.2) is 13.1 Å². The molecule has 0 heterocycles. The molecule has 0 aliphatic rings. The highest BCUT2D eigenvalue weighted by Crippen LogP contribution is 2.22. The molecule has 3 aromatic carbocycles. The third kappa shape index (κ3) is 5.42. The lowest BCUT2D eigenvalue weighted by Crippen LogP contribution is -2.17. The van der Waals surface area contributed by atoms with Gasteiger partial charge in [0.2, 0.25) is 0 Å². The molecule has 2 heteroatoms. The fourth-order valence-corrected chi connectivity index (χ4v) is 3.06. The van der Waals surface area contributed by atoms with E-state index in [1.807, 2.05) is 0 Å². The molecule has 1 nitrogen and oxygen atoms in total. The molecule has 0 atom stereocenters. The second-order valence-electron chi connectivity index (χ2n) is 5.93. The third-order valence-corrected chi connectivity index (χ3v) is 4.65. The normalized spacial score (nSPS) is 10.4. The van der Waals surface area contributed by atoms with Crippen LogP contribution in [0.25, 0.3) is 5.57 Å². The monoisotopic (exact) mass is 391 g/mol. The number of nitrogens with one attached hydrogen (secondary N) is 1. The minimum atomic E-state index is 0.857. The van der Waals surface area contributed by atoms with Crippen LogP contribution in [0.3, 0.4) is 0 Å². The van der Waals surface area contributed by atoms with E-state index in [9.17, 15) is 0 Å². The van der Waals surface area contributed by atoms with Gasteiger partial charge in [-0.3, -0.25) is 0 Å². The van der Waals surface area contributed by atoms with Gasteiger partial charge >= 0.3 is 0 Å². The Morgan fingerprint density at radius 1 is 0.760 bits per heavy atom. The Labute approximate surface area is 158 Å². The van der Waals surface area contributed by atoms with Gasteiger partial charge in [0.05, 0.1) is 0 Å². The van der Waals surface area contributed by atoms with Gasteiger partial charge in [-0.25, -0.2) is 0 Å². The first-order valence-corrected chi connectivity index (χ1v) is 9.38. The average Bonchev–Trinajstić information content (AvgIpc) is 2.67. The summed E-state index contributed by atoms with van der Waals surface area (Å²) in [5.41, 5.74) is 5.13. The molecule has 0 bridgehead atoms. The molecule has 3 rings (SSSR count). The molecular weight excluding hydrogens is 370 g/mol. The van der Waals surface area contributed by atoms with Gasteiger partial charge in [0.1, 0.15) is 0 Å². The molecule has 0 aliphatic heterocycles. The SMILES string of the molecule is Brc1ccc(CCNCC=C(c2ccccc2)c2ccccc2)cc1. The maximum Gasteiger partial charge on any atom is 0.0175 e. The van der Waals surface area contributed by atoms with Gasteiger partial charge in [0.15, 0.2) is 0 Å². The summed E-state index contributed by atoms with van der Waals surface area (Å²) in [6, 6.07) is 29.7. The fraction of sp³-hybridized carbons (Fsp3) is 0.130. The quantitative estimate of drug-likeness (QED) is 0.508. The van der Waals surface area contributed by atoms with E-state index in [1.165, 1.54) is 22.3 Å². The van der Waals surface area contributed by atoms with Crippen molar-refractivity contribution < 1.29 is 0 Å². The summed E-state index contributed by atoms with van der Waals surface area (Å²) in [5, 5.41) is 3.53. The Morgan fingerprint density at radius 2 is 1.32 bits per heavy atom. The smallest absolute Gasteiger partial charge is 0.0175 e. The van der Waals surface area contributed by atoms with E-state index in [1.54, 1.807) is 0 Å². The maximum atomic E-state index is 3.53. The lowest BCUT2D eigenvalue weighted by atomic mass is 9.97. The summed E-state index contributed by atoms with van der Waals surface area (Å²) in [4.78, 5) is 0. The summed E-state index contributed by atoms with van der Waals surface area (Å²) in [6.07, 6.45) is 3.32. The van der Waals surface area contributed by atoms with E-state index in [0.29, 0.717) is 0 Å². The Bertz CT molecular complexity index is 751. The first-order chi connectivity index (χ1) is 12.3. The minimum absolute atomic E-state index is 0.857. The summed E-state index contributed by atoms with van der Waals surface area (Å²) in [7, 11) is 0. The summed E-state index contributed by atoms with van der Waals surface area (Å²) in [6.45, 7) is 1.82. The zero-order valence-corrected chi connectivity index (χ0v) is 15.7. The Balaban J connectivity index is 1.62. The van der Waals surface area contributed by atoms with E-state index in [4.69, 9.17) is 0 Å². The molecule has 126 valence electrons. The molecule has 0 radical (unpaired) electrons. The van der Waals surface area contributed by atoms with E-state index in [2.05, 4.69) is 112 Å². The van der Waals surface area contributed by atoms with Crippen LogP contribution in [0.4, 0.5) is 0 Å². The zero-order chi connectivity index (χ0) is 17.3. The van der Waals surface area contributed by atoms with Crippen molar-refractivity contribution in [3.8, 4) is 0 Å².